The zero-order chi connectivity index (χ0) is 26.6. The Labute approximate surface area is 221 Å². The van der Waals surface area contributed by atoms with Crippen LogP contribution in [0.3, 0.4) is 0 Å². The first-order chi connectivity index (χ1) is 18.4. The summed E-state index contributed by atoms with van der Waals surface area (Å²) in [6.45, 7) is 4.56. The molecule has 0 bridgehead atoms. The molecule has 1 atom stereocenters. The highest BCUT2D eigenvalue weighted by Gasteiger charge is 2.31. The minimum absolute atomic E-state index is 0.0360. The van der Waals surface area contributed by atoms with Crippen LogP contribution in [0.4, 0.5) is 5.82 Å². The number of nitrogen functional groups attached to an aromatic ring is 1. The molecule has 0 spiro atoms. The van der Waals surface area contributed by atoms with E-state index < -0.39 is 0 Å². The van der Waals surface area contributed by atoms with Crippen LogP contribution in [0.15, 0.2) is 72.3 Å². The number of nitrogens with two attached hydrogens (primary N) is 1. The number of benzene rings is 2. The Morgan fingerprint density at radius 3 is 2.66 bits per heavy atom. The highest BCUT2D eigenvalue weighted by Crippen LogP contribution is 2.33. The number of amides is 1. The average Bonchev–Trinajstić information content (AvgIpc) is 3.54. The van der Waals surface area contributed by atoms with E-state index >= 15 is 0 Å². The standard InChI is InChI=1S/C30H30N6O2/c1-19(2)15-21(18-31)30(37)36-14-6-7-23(36)16-22-17-26-27(29(32)35-34-26)28(33-22)20-10-12-25(13-11-20)38-24-8-4-3-5-9-24/h3-5,8-13,15,17,19,23H,6-7,14,16H2,1-2H3,(H3,32,34,35)/t23-/m0/s1. The second-order valence-electron chi connectivity index (χ2n) is 9.87. The number of hydrogen-bond donors (Lipinski definition) is 2. The van der Waals surface area contributed by atoms with Crippen molar-refractivity contribution in [2.75, 3.05) is 12.3 Å². The van der Waals surface area contributed by atoms with Gasteiger partial charge in [-0.3, -0.25) is 14.9 Å². The normalized spacial score (nSPS) is 15.7. The smallest absolute Gasteiger partial charge is 0.264 e. The maximum Gasteiger partial charge on any atom is 0.264 e. The fourth-order valence-electron chi connectivity index (χ4n) is 4.94. The van der Waals surface area contributed by atoms with Gasteiger partial charge in [-0.15, -0.1) is 0 Å². The molecule has 4 aromatic rings. The maximum absolute atomic E-state index is 13.1. The monoisotopic (exact) mass is 506 g/mol. The summed E-state index contributed by atoms with van der Waals surface area (Å²) in [6, 6.07) is 21.3. The highest BCUT2D eigenvalue weighted by molar-refractivity contribution is 6.00. The van der Waals surface area contributed by atoms with Gasteiger partial charge in [-0.05, 0) is 61.2 Å². The van der Waals surface area contributed by atoms with Crippen molar-refractivity contribution in [3.63, 3.8) is 0 Å². The number of pyridine rings is 1. The Kier molecular flexibility index (Phi) is 7.09. The van der Waals surface area contributed by atoms with E-state index in [4.69, 9.17) is 15.5 Å². The quantitative estimate of drug-likeness (QED) is 0.247. The molecule has 1 aliphatic heterocycles. The molecule has 0 radical (unpaired) electrons. The number of likely N-dealkylation sites (tertiary alicyclic amines) is 1. The second-order valence-corrected chi connectivity index (χ2v) is 9.87. The van der Waals surface area contributed by atoms with E-state index in [2.05, 4.69) is 16.3 Å². The van der Waals surface area contributed by atoms with Gasteiger partial charge in [0.15, 0.2) is 5.82 Å². The zero-order valence-electron chi connectivity index (χ0n) is 21.5. The summed E-state index contributed by atoms with van der Waals surface area (Å²) in [5, 5.41) is 17.5. The van der Waals surface area contributed by atoms with Crippen LogP contribution in [0.1, 0.15) is 32.4 Å². The molecule has 1 aliphatic rings. The summed E-state index contributed by atoms with van der Waals surface area (Å²) in [5.41, 5.74) is 9.65. The lowest BCUT2D eigenvalue weighted by Gasteiger charge is -2.24. The molecule has 8 heteroatoms. The van der Waals surface area contributed by atoms with Gasteiger partial charge in [0.2, 0.25) is 0 Å². The molecule has 192 valence electrons. The third-order valence-electron chi connectivity index (χ3n) is 6.67. The number of anilines is 1. The first-order valence-corrected chi connectivity index (χ1v) is 12.8. The van der Waals surface area contributed by atoms with Crippen LogP contribution in [-0.2, 0) is 11.2 Å². The number of nitriles is 1. The number of hydrogen-bond acceptors (Lipinski definition) is 6. The molecule has 0 unspecified atom stereocenters. The molecule has 8 nitrogen and oxygen atoms in total. The molecule has 2 aromatic heterocycles. The van der Waals surface area contributed by atoms with E-state index in [1.807, 2.05) is 79.4 Å². The van der Waals surface area contributed by atoms with Gasteiger partial charge in [-0.25, -0.2) is 0 Å². The van der Waals surface area contributed by atoms with Crippen molar-refractivity contribution in [3.8, 4) is 28.8 Å². The average molecular weight is 507 g/mol. The SMILES string of the molecule is CC(C)C=C(C#N)C(=O)N1CCC[C@H]1Cc1cc2[nH]nc(N)c2c(-c2ccc(Oc3ccccc3)cc2)n1. The summed E-state index contributed by atoms with van der Waals surface area (Å²) in [5.74, 6) is 1.78. The predicted octanol–water partition coefficient (Wildman–Crippen LogP) is 5.64. The van der Waals surface area contributed by atoms with Crippen LogP contribution in [-0.4, -0.2) is 38.6 Å². The molecule has 1 amide bonds. The summed E-state index contributed by atoms with van der Waals surface area (Å²) < 4.78 is 5.94. The van der Waals surface area contributed by atoms with Crippen molar-refractivity contribution in [2.24, 2.45) is 5.92 Å². The van der Waals surface area contributed by atoms with Crippen molar-refractivity contribution in [2.45, 2.75) is 39.2 Å². The molecular weight excluding hydrogens is 476 g/mol. The Morgan fingerprint density at radius 2 is 1.95 bits per heavy atom. The van der Waals surface area contributed by atoms with E-state index in [-0.39, 0.29) is 23.4 Å². The minimum atomic E-state index is -0.204. The van der Waals surface area contributed by atoms with Gasteiger partial charge in [0.25, 0.3) is 5.91 Å². The molecule has 2 aromatic carbocycles. The molecule has 0 saturated carbocycles. The van der Waals surface area contributed by atoms with Crippen LogP contribution in [0.25, 0.3) is 22.2 Å². The largest absolute Gasteiger partial charge is 0.457 e. The van der Waals surface area contributed by atoms with E-state index in [9.17, 15) is 10.1 Å². The van der Waals surface area contributed by atoms with Crippen LogP contribution in [0.2, 0.25) is 0 Å². The van der Waals surface area contributed by atoms with Crippen molar-refractivity contribution < 1.29 is 9.53 Å². The number of nitrogens with zero attached hydrogens (tertiary/aromatic N) is 4. The lowest BCUT2D eigenvalue weighted by molar-refractivity contribution is -0.127. The number of ether oxygens (including phenoxy) is 1. The number of fused-ring (bicyclic) bond motifs is 1. The first kappa shape index (κ1) is 25.0. The summed E-state index contributed by atoms with van der Waals surface area (Å²) in [6.07, 6.45) is 4.06. The number of allylic oxidation sites excluding steroid dienone is 1. The summed E-state index contributed by atoms with van der Waals surface area (Å²) in [7, 11) is 0. The van der Waals surface area contributed by atoms with Gasteiger partial charge in [0, 0.05) is 30.3 Å². The summed E-state index contributed by atoms with van der Waals surface area (Å²) >= 11 is 0. The Hall–Kier alpha value is -4.64. The fraction of sp³-hybridized carbons (Fsp3) is 0.267. The maximum atomic E-state index is 13.1. The Bertz CT molecular complexity index is 1520. The predicted molar refractivity (Wildman–Crippen MR) is 147 cm³/mol. The van der Waals surface area contributed by atoms with E-state index in [0.717, 1.165) is 52.2 Å². The first-order valence-electron chi connectivity index (χ1n) is 12.8. The third-order valence-corrected chi connectivity index (χ3v) is 6.67. The van der Waals surface area contributed by atoms with Gasteiger partial charge in [0.1, 0.15) is 23.1 Å². The fourth-order valence-corrected chi connectivity index (χ4v) is 4.94. The molecule has 1 fully saturated rings. The van der Waals surface area contributed by atoms with Crippen LogP contribution >= 0.6 is 0 Å². The lowest BCUT2D eigenvalue weighted by Crippen LogP contribution is -2.37. The molecular formula is C30H30N6O2. The van der Waals surface area contributed by atoms with Gasteiger partial charge in [-0.2, -0.15) is 10.4 Å². The number of rotatable bonds is 7. The van der Waals surface area contributed by atoms with Crippen molar-refractivity contribution >= 4 is 22.6 Å². The zero-order valence-corrected chi connectivity index (χ0v) is 21.5. The highest BCUT2D eigenvalue weighted by atomic mass is 16.5. The van der Waals surface area contributed by atoms with Crippen LogP contribution in [0.5, 0.6) is 11.5 Å². The van der Waals surface area contributed by atoms with E-state index in [1.165, 1.54) is 0 Å². The molecule has 3 heterocycles. The minimum Gasteiger partial charge on any atom is -0.457 e. The van der Waals surface area contributed by atoms with Crippen LogP contribution in [0, 0.1) is 17.2 Å². The van der Waals surface area contributed by atoms with Crippen molar-refractivity contribution in [1.29, 1.82) is 5.26 Å². The molecule has 38 heavy (non-hydrogen) atoms. The molecule has 3 N–H and O–H groups in total. The number of carbonyl (C=O) groups excluding carboxylic acids is 1. The van der Waals surface area contributed by atoms with E-state index in [1.54, 1.807) is 6.08 Å². The lowest BCUT2D eigenvalue weighted by atomic mass is 10.0. The number of aromatic amines is 1. The Balaban J connectivity index is 1.43. The van der Waals surface area contributed by atoms with Crippen LogP contribution < -0.4 is 10.5 Å². The second kappa shape index (κ2) is 10.8. The third kappa shape index (κ3) is 5.23. The summed E-state index contributed by atoms with van der Waals surface area (Å²) in [4.78, 5) is 20.0. The van der Waals surface area contributed by atoms with E-state index in [0.29, 0.717) is 18.8 Å². The number of nitrogens with one attached hydrogen (secondary N) is 1. The van der Waals surface area contributed by atoms with Gasteiger partial charge in [-0.1, -0.05) is 38.1 Å². The molecule has 1 saturated heterocycles. The number of para-hydroxylation sites is 1. The number of aromatic nitrogens is 3. The number of H-pyrrole nitrogens is 1. The van der Waals surface area contributed by atoms with Crippen molar-refractivity contribution in [1.82, 2.24) is 20.1 Å². The topological polar surface area (TPSA) is 121 Å². The molecule has 0 aliphatic carbocycles. The van der Waals surface area contributed by atoms with Gasteiger partial charge >= 0.3 is 0 Å². The van der Waals surface area contributed by atoms with Gasteiger partial charge < -0.3 is 15.4 Å². The Morgan fingerprint density at radius 1 is 1.21 bits per heavy atom. The number of carbonyl (C=O) groups is 1. The van der Waals surface area contributed by atoms with Crippen molar-refractivity contribution in [3.05, 3.63) is 78.0 Å². The van der Waals surface area contributed by atoms with Gasteiger partial charge in [0.05, 0.1) is 16.6 Å². The molecule has 5 rings (SSSR count).